The summed E-state index contributed by atoms with van der Waals surface area (Å²) < 4.78 is 0.742. The van der Waals surface area contributed by atoms with E-state index in [1.807, 2.05) is 12.3 Å². The predicted molar refractivity (Wildman–Crippen MR) is 113 cm³/mol. The van der Waals surface area contributed by atoms with Gasteiger partial charge < -0.3 is 20.4 Å². The Kier molecular flexibility index (Phi) is 5.78. The highest BCUT2D eigenvalue weighted by Crippen LogP contribution is 2.52. The van der Waals surface area contributed by atoms with Crippen molar-refractivity contribution in [1.29, 1.82) is 0 Å². The lowest BCUT2D eigenvalue weighted by Gasteiger charge is -2.46. The van der Waals surface area contributed by atoms with E-state index in [0.29, 0.717) is 10.8 Å². The number of rotatable bonds is 6. The van der Waals surface area contributed by atoms with Crippen molar-refractivity contribution >= 4 is 52.1 Å². The van der Waals surface area contributed by atoms with Gasteiger partial charge in [0.25, 0.3) is 0 Å². The maximum absolute atomic E-state index is 12.4. The number of carboxylic acids is 1. The molecule has 0 radical (unpaired) electrons. The van der Waals surface area contributed by atoms with Gasteiger partial charge in [0.05, 0.1) is 23.8 Å². The molecule has 0 aromatic carbocycles. The Labute approximate surface area is 181 Å². The number of hydrogen-bond donors (Lipinski definition) is 3. The second-order valence-corrected chi connectivity index (χ2v) is 10.0. The zero-order valence-corrected chi connectivity index (χ0v) is 18.4. The van der Waals surface area contributed by atoms with E-state index in [4.69, 9.17) is 16.6 Å². The van der Waals surface area contributed by atoms with Crippen molar-refractivity contribution in [3.8, 4) is 0 Å². The number of aliphatic carboxylic acids is 1. The number of β-lactam (4-membered cyclic amide) rings is 1. The molecule has 3 aliphatic heterocycles. The lowest BCUT2D eigenvalue weighted by atomic mass is 9.79. The molecule has 0 bridgehead atoms. The number of nitrogens with one attached hydrogen (secondary N) is 1. The van der Waals surface area contributed by atoms with Crippen LogP contribution in [0.5, 0.6) is 0 Å². The van der Waals surface area contributed by atoms with E-state index in [1.54, 1.807) is 6.92 Å². The fraction of sp³-hybridized carbons (Fsp3) is 0.526. The smallest absolute Gasteiger partial charge is 0.353 e. The first-order valence-electron chi connectivity index (χ1n) is 9.44. The van der Waals surface area contributed by atoms with Gasteiger partial charge in [0.1, 0.15) is 5.70 Å². The SMILES string of the molecule is CC(O)C1C(=O)N2C(C(=O)O)=C(Sc3nc(C4=CCNC(CCl)C4)cs3)C(C)C12. The van der Waals surface area contributed by atoms with Crippen LogP contribution in [0, 0.1) is 11.8 Å². The molecule has 1 aromatic rings. The Balaban J connectivity index is 1.58. The third kappa shape index (κ3) is 3.53. The summed E-state index contributed by atoms with van der Waals surface area (Å²) in [4.78, 5) is 31.0. The highest BCUT2D eigenvalue weighted by molar-refractivity contribution is 8.04. The van der Waals surface area contributed by atoms with Gasteiger partial charge >= 0.3 is 5.97 Å². The van der Waals surface area contributed by atoms with Gasteiger partial charge in [-0.15, -0.1) is 22.9 Å². The van der Waals surface area contributed by atoms with Crippen molar-refractivity contribution in [1.82, 2.24) is 15.2 Å². The van der Waals surface area contributed by atoms with E-state index in [-0.39, 0.29) is 29.6 Å². The van der Waals surface area contributed by atoms with Crippen LogP contribution >= 0.6 is 34.7 Å². The Morgan fingerprint density at radius 1 is 1.55 bits per heavy atom. The highest BCUT2D eigenvalue weighted by atomic mass is 35.5. The molecule has 1 fully saturated rings. The Morgan fingerprint density at radius 2 is 2.31 bits per heavy atom. The van der Waals surface area contributed by atoms with E-state index in [2.05, 4.69) is 11.4 Å². The van der Waals surface area contributed by atoms with Gasteiger partial charge in [-0.2, -0.15) is 0 Å². The zero-order chi connectivity index (χ0) is 20.9. The molecule has 5 unspecified atom stereocenters. The number of fused-ring (bicyclic) bond motifs is 1. The van der Waals surface area contributed by atoms with Gasteiger partial charge in [-0.3, -0.25) is 4.79 Å². The number of halogens is 1. The highest BCUT2D eigenvalue weighted by Gasteiger charge is 2.60. The van der Waals surface area contributed by atoms with Gasteiger partial charge in [0.15, 0.2) is 4.34 Å². The molecule has 0 spiro atoms. The van der Waals surface area contributed by atoms with Crippen molar-refractivity contribution in [3.63, 3.8) is 0 Å². The van der Waals surface area contributed by atoms with Crippen LogP contribution in [0.25, 0.3) is 5.57 Å². The third-order valence-corrected chi connectivity index (χ3v) is 8.32. The molecule has 29 heavy (non-hydrogen) atoms. The number of carbonyl (C=O) groups excluding carboxylic acids is 1. The summed E-state index contributed by atoms with van der Waals surface area (Å²) in [5.74, 6) is -1.64. The van der Waals surface area contributed by atoms with Gasteiger partial charge in [-0.25, -0.2) is 9.78 Å². The predicted octanol–water partition coefficient (Wildman–Crippen LogP) is 2.37. The summed E-state index contributed by atoms with van der Waals surface area (Å²) in [6, 6.07) is -0.0929. The van der Waals surface area contributed by atoms with Gasteiger partial charge in [-0.05, 0) is 18.9 Å². The minimum atomic E-state index is -1.12. The second kappa shape index (κ2) is 8.03. The average Bonchev–Trinajstić information content (AvgIpc) is 3.24. The first-order chi connectivity index (χ1) is 13.8. The van der Waals surface area contributed by atoms with Crippen molar-refractivity contribution in [3.05, 3.63) is 27.8 Å². The van der Waals surface area contributed by atoms with E-state index < -0.39 is 18.0 Å². The number of thiazole rings is 1. The van der Waals surface area contributed by atoms with Crippen LogP contribution in [0.1, 0.15) is 26.0 Å². The number of carbonyl (C=O) groups is 2. The number of aromatic nitrogens is 1. The van der Waals surface area contributed by atoms with Crippen LogP contribution in [0.15, 0.2) is 26.4 Å². The number of thioether (sulfide) groups is 1. The molecule has 5 atom stereocenters. The summed E-state index contributed by atoms with van der Waals surface area (Å²) in [5.41, 5.74) is 2.05. The normalized spacial score (nSPS) is 30.1. The second-order valence-electron chi connectivity index (χ2n) is 7.57. The van der Waals surface area contributed by atoms with E-state index in [0.717, 1.165) is 28.6 Å². The first kappa shape index (κ1) is 20.9. The molecule has 1 aromatic heterocycles. The van der Waals surface area contributed by atoms with Crippen molar-refractivity contribution in [2.45, 2.75) is 42.8 Å². The number of alkyl halides is 1. The Hall–Kier alpha value is -1.39. The fourth-order valence-electron chi connectivity index (χ4n) is 4.29. The van der Waals surface area contributed by atoms with Crippen molar-refractivity contribution < 1.29 is 19.8 Å². The molecule has 4 heterocycles. The molecule has 4 rings (SSSR count). The topological polar surface area (TPSA) is 103 Å². The lowest BCUT2D eigenvalue weighted by molar-refractivity contribution is -0.163. The van der Waals surface area contributed by atoms with Crippen LogP contribution in [0.2, 0.25) is 0 Å². The van der Waals surface area contributed by atoms with Gasteiger partial charge in [0, 0.05) is 34.7 Å². The summed E-state index contributed by atoms with van der Waals surface area (Å²) in [7, 11) is 0. The molecule has 3 aliphatic rings. The summed E-state index contributed by atoms with van der Waals surface area (Å²) >= 11 is 8.74. The molecule has 0 aliphatic carbocycles. The quantitative estimate of drug-likeness (QED) is 0.447. The molecular formula is C19H22ClN3O4S2. The van der Waals surface area contributed by atoms with Gasteiger partial charge in [-0.1, -0.05) is 24.8 Å². The minimum absolute atomic E-state index is 0.0226. The number of carboxylic acid groups (broad SMARTS) is 1. The van der Waals surface area contributed by atoms with E-state index >= 15 is 0 Å². The van der Waals surface area contributed by atoms with Crippen LogP contribution in [0.3, 0.4) is 0 Å². The number of aliphatic hydroxyl groups excluding tert-OH is 1. The number of hydrogen-bond acceptors (Lipinski definition) is 7. The fourth-order valence-corrected chi connectivity index (χ4v) is 6.62. The van der Waals surface area contributed by atoms with Gasteiger partial charge in [0.2, 0.25) is 5.91 Å². The monoisotopic (exact) mass is 455 g/mol. The molecule has 10 heteroatoms. The van der Waals surface area contributed by atoms with Crippen LogP contribution in [-0.4, -0.2) is 62.6 Å². The summed E-state index contributed by atoms with van der Waals surface area (Å²) in [5, 5.41) is 25.0. The van der Waals surface area contributed by atoms with Crippen molar-refractivity contribution in [2.24, 2.45) is 11.8 Å². The molecule has 1 saturated heterocycles. The Bertz CT molecular complexity index is 913. The zero-order valence-electron chi connectivity index (χ0n) is 16.0. The van der Waals surface area contributed by atoms with E-state index in [1.165, 1.54) is 28.0 Å². The molecule has 156 valence electrons. The lowest BCUT2D eigenvalue weighted by Crippen LogP contribution is -2.63. The third-order valence-electron chi connectivity index (χ3n) is 5.73. The number of aliphatic hydroxyl groups is 1. The maximum atomic E-state index is 12.4. The van der Waals surface area contributed by atoms with Crippen LogP contribution < -0.4 is 5.32 Å². The Morgan fingerprint density at radius 3 is 2.97 bits per heavy atom. The van der Waals surface area contributed by atoms with Crippen molar-refractivity contribution in [2.75, 3.05) is 12.4 Å². The summed E-state index contributed by atoms with van der Waals surface area (Å²) in [6.07, 6.45) is 2.10. The van der Waals surface area contributed by atoms with Crippen LogP contribution in [0.4, 0.5) is 0 Å². The largest absolute Gasteiger partial charge is 0.477 e. The van der Waals surface area contributed by atoms with E-state index in [9.17, 15) is 19.8 Å². The molecule has 7 nitrogen and oxygen atoms in total. The molecule has 3 N–H and O–H groups in total. The number of amides is 1. The minimum Gasteiger partial charge on any atom is -0.477 e. The molecular weight excluding hydrogens is 434 g/mol. The molecule has 1 amide bonds. The van der Waals surface area contributed by atoms with Crippen LogP contribution in [-0.2, 0) is 9.59 Å². The average molecular weight is 456 g/mol. The number of nitrogens with zero attached hydrogens (tertiary/aromatic N) is 2. The standard InChI is InChI=1S/C19H22ClN3O4S2/c1-8-14-13(9(2)24)17(25)23(14)15(18(26)27)16(8)29-19-22-12(7-28-19)10-3-4-21-11(5-10)6-20/h3,7-9,11,13-14,21,24H,4-6H2,1-2H3,(H,26,27). The summed E-state index contributed by atoms with van der Waals surface area (Å²) in [6.45, 7) is 4.23. The maximum Gasteiger partial charge on any atom is 0.353 e. The molecule has 0 saturated carbocycles. The first-order valence-corrected chi connectivity index (χ1v) is 11.7.